The zero-order valence-corrected chi connectivity index (χ0v) is 14.3. The summed E-state index contributed by atoms with van der Waals surface area (Å²) in [6.07, 6.45) is -4.26. The van der Waals surface area contributed by atoms with Gasteiger partial charge in [0.05, 0.1) is 12.2 Å². The number of ether oxygens (including phenoxy) is 1. The highest BCUT2D eigenvalue weighted by molar-refractivity contribution is 5.45. The van der Waals surface area contributed by atoms with Gasteiger partial charge in [-0.1, -0.05) is 0 Å². The van der Waals surface area contributed by atoms with Crippen molar-refractivity contribution in [3.63, 3.8) is 0 Å². The fourth-order valence-corrected chi connectivity index (χ4v) is 3.04. The van der Waals surface area contributed by atoms with Crippen LogP contribution in [0.1, 0.15) is 25.4 Å². The van der Waals surface area contributed by atoms with E-state index in [9.17, 15) is 13.2 Å². The number of nitrogens with one attached hydrogen (secondary N) is 1. The molecule has 0 spiro atoms. The Labute approximate surface area is 143 Å². The number of nitrogens with zero attached hydrogens (tertiary/aromatic N) is 5. The van der Waals surface area contributed by atoms with E-state index in [0.717, 1.165) is 24.1 Å². The predicted octanol–water partition coefficient (Wildman–Crippen LogP) is 1.97. The molecule has 0 aliphatic carbocycles. The largest absolute Gasteiger partial charge is 0.453 e. The molecule has 2 aromatic heterocycles. The standard InChI is InChI=1S/C15H21F3N6O/c1-9-6-12(19-4-5-23-7-10(2)25-11(3)8-23)24-14(20-9)21-13(22-24)15(16,17)18/h6,10-11,19H,4-5,7-8H2,1-3H3. The van der Waals surface area contributed by atoms with Crippen LogP contribution >= 0.6 is 0 Å². The minimum absolute atomic E-state index is 0.0663. The van der Waals surface area contributed by atoms with Crippen molar-refractivity contribution in [3.05, 3.63) is 17.6 Å². The van der Waals surface area contributed by atoms with Crippen molar-refractivity contribution >= 4 is 11.6 Å². The van der Waals surface area contributed by atoms with E-state index in [4.69, 9.17) is 4.74 Å². The van der Waals surface area contributed by atoms with Gasteiger partial charge in [-0.15, -0.1) is 5.10 Å². The van der Waals surface area contributed by atoms with Gasteiger partial charge in [-0.3, -0.25) is 4.90 Å². The van der Waals surface area contributed by atoms with Gasteiger partial charge in [-0.2, -0.15) is 22.7 Å². The van der Waals surface area contributed by atoms with Gasteiger partial charge in [0.25, 0.3) is 11.6 Å². The first-order valence-corrected chi connectivity index (χ1v) is 8.15. The van der Waals surface area contributed by atoms with Crippen LogP contribution in [-0.2, 0) is 10.9 Å². The summed E-state index contributed by atoms with van der Waals surface area (Å²) in [5.41, 5.74) is 0.574. The van der Waals surface area contributed by atoms with Crippen molar-refractivity contribution in [1.29, 1.82) is 0 Å². The number of rotatable bonds is 4. The van der Waals surface area contributed by atoms with Crippen LogP contribution in [-0.4, -0.2) is 62.9 Å². The lowest BCUT2D eigenvalue weighted by Crippen LogP contribution is -2.46. The zero-order chi connectivity index (χ0) is 18.2. The van der Waals surface area contributed by atoms with E-state index in [1.54, 1.807) is 13.0 Å². The van der Waals surface area contributed by atoms with Crippen molar-refractivity contribution in [1.82, 2.24) is 24.5 Å². The smallest absolute Gasteiger partial charge is 0.373 e. The summed E-state index contributed by atoms with van der Waals surface area (Å²) in [5.74, 6) is -0.812. The van der Waals surface area contributed by atoms with Gasteiger partial charge in [-0.05, 0) is 20.8 Å². The van der Waals surface area contributed by atoms with E-state index >= 15 is 0 Å². The lowest BCUT2D eigenvalue weighted by molar-refractivity contribution is -0.144. The molecule has 1 N–H and O–H groups in total. The molecule has 7 nitrogen and oxygen atoms in total. The summed E-state index contributed by atoms with van der Waals surface area (Å²) >= 11 is 0. The fraction of sp³-hybridized carbons (Fsp3) is 0.667. The van der Waals surface area contributed by atoms with E-state index in [1.165, 1.54) is 0 Å². The molecular weight excluding hydrogens is 337 g/mol. The molecule has 2 unspecified atom stereocenters. The molecular formula is C15H21F3N6O. The third-order valence-corrected chi connectivity index (χ3v) is 3.92. The number of anilines is 1. The molecule has 0 bridgehead atoms. The topological polar surface area (TPSA) is 67.6 Å². The number of aromatic nitrogens is 4. The molecule has 0 amide bonds. The Kier molecular flexibility index (Phi) is 4.83. The van der Waals surface area contributed by atoms with Gasteiger partial charge >= 0.3 is 6.18 Å². The molecule has 0 radical (unpaired) electrons. The third kappa shape index (κ3) is 4.18. The van der Waals surface area contributed by atoms with Crippen molar-refractivity contribution in [2.45, 2.75) is 39.2 Å². The van der Waals surface area contributed by atoms with E-state index in [0.29, 0.717) is 18.1 Å². The van der Waals surface area contributed by atoms with Crippen LogP contribution in [0, 0.1) is 6.92 Å². The maximum absolute atomic E-state index is 12.8. The molecule has 2 atom stereocenters. The van der Waals surface area contributed by atoms with Gasteiger partial charge in [-0.25, -0.2) is 4.98 Å². The summed E-state index contributed by atoms with van der Waals surface area (Å²) in [6, 6.07) is 1.66. The average molecular weight is 358 g/mol. The summed E-state index contributed by atoms with van der Waals surface area (Å²) in [6.45, 7) is 8.75. The van der Waals surface area contributed by atoms with Crippen molar-refractivity contribution in [3.8, 4) is 0 Å². The highest BCUT2D eigenvalue weighted by Crippen LogP contribution is 2.27. The molecule has 0 saturated carbocycles. The van der Waals surface area contributed by atoms with Crippen LogP contribution in [0.5, 0.6) is 0 Å². The van der Waals surface area contributed by atoms with Crippen molar-refractivity contribution in [2.75, 3.05) is 31.5 Å². The Morgan fingerprint density at radius 2 is 1.92 bits per heavy atom. The van der Waals surface area contributed by atoms with Crippen LogP contribution < -0.4 is 5.32 Å². The van der Waals surface area contributed by atoms with Gasteiger partial charge in [0, 0.05) is 37.9 Å². The zero-order valence-electron chi connectivity index (χ0n) is 14.3. The number of hydrogen-bond donors (Lipinski definition) is 1. The average Bonchev–Trinajstić information content (AvgIpc) is 2.90. The number of hydrogen-bond acceptors (Lipinski definition) is 6. The van der Waals surface area contributed by atoms with Crippen LogP contribution in [0.4, 0.5) is 19.0 Å². The molecule has 1 aliphatic rings. The first-order chi connectivity index (χ1) is 11.7. The molecule has 1 saturated heterocycles. The van der Waals surface area contributed by atoms with Crippen molar-refractivity contribution in [2.24, 2.45) is 0 Å². The van der Waals surface area contributed by atoms with Crippen LogP contribution in [0.25, 0.3) is 5.78 Å². The lowest BCUT2D eigenvalue weighted by atomic mass is 10.2. The van der Waals surface area contributed by atoms with Gasteiger partial charge in [0.2, 0.25) is 0 Å². The van der Waals surface area contributed by atoms with E-state index in [1.807, 2.05) is 13.8 Å². The Bertz CT molecular complexity index is 737. The second-order valence-electron chi connectivity index (χ2n) is 6.37. The van der Waals surface area contributed by atoms with Crippen LogP contribution in [0.2, 0.25) is 0 Å². The van der Waals surface area contributed by atoms with Gasteiger partial charge in [0.1, 0.15) is 5.82 Å². The lowest BCUT2D eigenvalue weighted by Gasteiger charge is -2.35. The number of halogens is 3. The number of aryl methyl sites for hydroxylation is 1. The summed E-state index contributed by atoms with van der Waals surface area (Å²) in [5, 5.41) is 6.68. The number of fused-ring (bicyclic) bond motifs is 1. The molecule has 25 heavy (non-hydrogen) atoms. The molecule has 1 fully saturated rings. The third-order valence-electron chi connectivity index (χ3n) is 3.92. The minimum Gasteiger partial charge on any atom is -0.373 e. The molecule has 0 aromatic carbocycles. The van der Waals surface area contributed by atoms with E-state index in [-0.39, 0.29) is 18.0 Å². The predicted molar refractivity (Wildman–Crippen MR) is 85.5 cm³/mol. The fourth-order valence-electron chi connectivity index (χ4n) is 3.04. The Morgan fingerprint density at radius 1 is 1.24 bits per heavy atom. The summed E-state index contributed by atoms with van der Waals surface area (Å²) in [7, 11) is 0. The maximum Gasteiger partial charge on any atom is 0.453 e. The van der Waals surface area contributed by atoms with Gasteiger partial charge in [0.15, 0.2) is 0 Å². The highest BCUT2D eigenvalue weighted by atomic mass is 19.4. The first kappa shape index (κ1) is 17.9. The second-order valence-corrected chi connectivity index (χ2v) is 6.37. The SMILES string of the molecule is Cc1cc(NCCN2CC(C)OC(C)C2)n2nc(C(F)(F)F)nc2n1. The van der Waals surface area contributed by atoms with Crippen LogP contribution in [0.3, 0.4) is 0 Å². The van der Waals surface area contributed by atoms with E-state index < -0.39 is 12.0 Å². The normalized spacial score (nSPS) is 22.5. The molecule has 10 heteroatoms. The summed E-state index contributed by atoms with van der Waals surface area (Å²) in [4.78, 5) is 9.75. The summed E-state index contributed by atoms with van der Waals surface area (Å²) < 4.78 is 45.3. The van der Waals surface area contributed by atoms with Crippen LogP contribution in [0.15, 0.2) is 6.07 Å². The number of morpholine rings is 1. The first-order valence-electron chi connectivity index (χ1n) is 8.15. The molecule has 1 aliphatic heterocycles. The van der Waals surface area contributed by atoms with Crippen molar-refractivity contribution < 1.29 is 17.9 Å². The highest BCUT2D eigenvalue weighted by Gasteiger charge is 2.36. The number of alkyl halides is 3. The quantitative estimate of drug-likeness (QED) is 0.901. The van der Waals surface area contributed by atoms with E-state index in [2.05, 4.69) is 25.3 Å². The Hall–Kier alpha value is -1.94. The van der Waals surface area contributed by atoms with Gasteiger partial charge < -0.3 is 10.1 Å². The molecule has 2 aromatic rings. The Morgan fingerprint density at radius 3 is 2.56 bits per heavy atom. The maximum atomic E-state index is 12.8. The minimum atomic E-state index is -4.60. The Balaban J connectivity index is 1.71. The molecule has 3 rings (SSSR count). The molecule has 3 heterocycles. The molecule has 138 valence electrons. The second kappa shape index (κ2) is 6.75. The monoisotopic (exact) mass is 358 g/mol.